The Bertz CT molecular complexity index is 587. The Morgan fingerprint density at radius 1 is 1.44 bits per heavy atom. The van der Waals surface area contributed by atoms with E-state index in [4.69, 9.17) is 10.2 Å². The van der Waals surface area contributed by atoms with Crippen LogP contribution < -0.4 is 11.4 Å². The summed E-state index contributed by atoms with van der Waals surface area (Å²) < 4.78 is 5.14. The zero-order valence-electron chi connectivity index (χ0n) is 8.99. The maximum atomic E-state index is 11.5. The first kappa shape index (κ1) is 10.7. The van der Waals surface area contributed by atoms with E-state index < -0.39 is 5.63 Å². The van der Waals surface area contributed by atoms with Crippen LogP contribution in [0.2, 0.25) is 0 Å². The third-order valence-corrected chi connectivity index (χ3v) is 2.66. The molecule has 0 aliphatic rings. The largest absolute Gasteiger partial charge is 0.507 e. The number of nitrogens with two attached hydrogens (primary N) is 1. The minimum atomic E-state index is -0.485. The van der Waals surface area contributed by atoms with Gasteiger partial charge in [0.05, 0.1) is 10.9 Å². The molecular formula is C12H13NO3. The molecule has 0 unspecified atom stereocenters. The van der Waals surface area contributed by atoms with E-state index >= 15 is 0 Å². The molecule has 0 aliphatic carbocycles. The van der Waals surface area contributed by atoms with Crippen LogP contribution in [-0.2, 0) is 13.0 Å². The fourth-order valence-electron chi connectivity index (χ4n) is 1.82. The first-order valence-electron chi connectivity index (χ1n) is 5.15. The van der Waals surface area contributed by atoms with Crippen LogP contribution >= 0.6 is 0 Å². The highest BCUT2D eigenvalue weighted by atomic mass is 16.4. The van der Waals surface area contributed by atoms with Gasteiger partial charge in [0.2, 0.25) is 0 Å². The van der Waals surface area contributed by atoms with Crippen LogP contribution in [0.4, 0.5) is 0 Å². The highest BCUT2D eigenvalue weighted by molar-refractivity contribution is 5.87. The fourth-order valence-corrected chi connectivity index (χ4v) is 1.82. The second-order valence-corrected chi connectivity index (χ2v) is 3.56. The van der Waals surface area contributed by atoms with Gasteiger partial charge in [-0.1, -0.05) is 19.1 Å². The molecule has 0 amide bonds. The third kappa shape index (κ3) is 1.47. The standard InChI is InChI=1S/C12H13NO3/c1-2-8-11(14)10-7(6-13)4-3-5-9(10)16-12(8)15/h3-5,14H,2,6,13H2,1H3. The molecule has 2 rings (SSSR count). The first-order valence-corrected chi connectivity index (χ1v) is 5.15. The maximum Gasteiger partial charge on any atom is 0.343 e. The van der Waals surface area contributed by atoms with Crippen molar-refractivity contribution < 1.29 is 9.52 Å². The van der Waals surface area contributed by atoms with Crippen molar-refractivity contribution in [1.29, 1.82) is 0 Å². The summed E-state index contributed by atoms with van der Waals surface area (Å²) in [6.07, 6.45) is 0.434. The van der Waals surface area contributed by atoms with Crippen molar-refractivity contribution in [2.45, 2.75) is 19.9 Å². The lowest BCUT2D eigenvalue weighted by atomic mass is 10.1. The van der Waals surface area contributed by atoms with E-state index in [2.05, 4.69) is 0 Å². The van der Waals surface area contributed by atoms with Crippen molar-refractivity contribution in [3.8, 4) is 5.75 Å². The summed E-state index contributed by atoms with van der Waals surface area (Å²) in [5.41, 5.74) is 6.55. The molecule has 0 saturated heterocycles. The highest BCUT2D eigenvalue weighted by Crippen LogP contribution is 2.29. The molecule has 84 valence electrons. The van der Waals surface area contributed by atoms with Gasteiger partial charge in [-0.3, -0.25) is 0 Å². The van der Waals surface area contributed by atoms with E-state index in [1.54, 1.807) is 19.1 Å². The second kappa shape index (κ2) is 3.98. The first-order chi connectivity index (χ1) is 7.69. The van der Waals surface area contributed by atoms with Crippen molar-refractivity contribution in [3.05, 3.63) is 39.7 Å². The molecule has 1 aromatic heterocycles. The van der Waals surface area contributed by atoms with Gasteiger partial charge in [0.15, 0.2) is 0 Å². The number of benzene rings is 1. The summed E-state index contributed by atoms with van der Waals surface area (Å²) in [4.78, 5) is 11.5. The summed E-state index contributed by atoms with van der Waals surface area (Å²) in [6, 6.07) is 5.20. The van der Waals surface area contributed by atoms with Gasteiger partial charge in [0.25, 0.3) is 0 Å². The molecule has 4 nitrogen and oxygen atoms in total. The van der Waals surface area contributed by atoms with Crippen LogP contribution in [0, 0.1) is 0 Å². The quantitative estimate of drug-likeness (QED) is 0.751. The van der Waals surface area contributed by atoms with Crippen molar-refractivity contribution in [2.24, 2.45) is 5.73 Å². The number of rotatable bonds is 2. The number of hydrogen-bond acceptors (Lipinski definition) is 4. The summed E-state index contributed by atoms with van der Waals surface area (Å²) in [6.45, 7) is 2.09. The maximum absolute atomic E-state index is 11.5. The van der Waals surface area contributed by atoms with Crippen LogP contribution in [-0.4, -0.2) is 5.11 Å². The molecular weight excluding hydrogens is 206 g/mol. The lowest BCUT2D eigenvalue weighted by Gasteiger charge is -2.07. The predicted octanol–water partition coefficient (Wildman–Crippen LogP) is 1.52. The average molecular weight is 219 g/mol. The van der Waals surface area contributed by atoms with Crippen molar-refractivity contribution in [2.75, 3.05) is 0 Å². The van der Waals surface area contributed by atoms with E-state index in [1.165, 1.54) is 0 Å². The third-order valence-electron chi connectivity index (χ3n) is 2.66. The Kier molecular flexibility index (Phi) is 2.66. The smallest absolute Gasteiger partial charge is 0.343 e. The monoisotopic (exact) mass is 219 g/mol. The molecule has 16 heavy (non-hydrogen) atoms. The molecule has 0 saturated carbocycles. The summed E-state index contributed by atoms with van der Waals surface area (Å²) in [5, 5.41) is 10.6. The molecule has 0 bridgehead atoms. The van der Waals surface area contributed by atoms with Gasteiger partial charge in [-0.05, 0) is 18.1 Å². The minimum absolute atomic E-state index is 0.00481. The molecule has 2 aromatic rings. The predicted molar refractivity (Wildman–Crippen MR) is 61.4 cm³/mol. The van der Waals surface area contributed by atoms with Gasteiger partial charge in [0.1, 0.15) is 11.3 Å². The molecule has 0 atom stereocenters. The van der Waals surface area contributed by atoms with E-state index in [9.17, 15) is 9.90 Å². The van der Waals surface area contributed by atoms with E-state index in [0.29, 0.717) is 29.5 Å². The van der Waals surface area contributed by atoms with Crippen molar-refractivity contribution in [1.82, 2.24) is 0 Å². The second-order valence-electron chi connectivity index (χ2n) is 3.56. The molecule has 0 aliphatic heterocycles. The molecule has 1 aromatic carbocycles. The lowest BCUT2D eigenvalue weighted by molar-refractivity contribution is 0.457. The normalized spacial score (nSPS) is 10.9. The van der Waals surface area contributed by atoms with Gasteiger partial charge in [-0.25, -0.2) is 4.79 Å². The van der Waals surface area contributed by atoms with Gasteiger partial charge in [0, 0.05) is 6.54 Å². The summed E-state index contributed by atoms with van der Waals surface area (Å²) >= 11 is 0. The van der Waals surface area contributed by atoms with E-state index in [-0.39, 0.29) is 5.75 Å². The van der Waals surface area contributed by atoms with Crippen molar-refractivity contribution in [3.63, 3.8) is 0 Å². The summed E-state index contributed by atoms with van der Waals surface area (Å²) in [7, 11) is 0. The molecule has 0 radical (unpaired) electrons. The Morgan fingerprint density at radius 2 is 2.19 bits per heavy atom. The van der Waals surface area contributed by atoms with Crippen LogP contribution in [0.3, 0.4) is 0 Å². The van der Waals surface area contributed by atoms with Crippen LogP contribution in [0.1, 0.15) is 18.1 Å². The highest BCUT2D eigenvalue weighted by Gasteiger charge is 2.14. The topological polar surface area (TPSA) is 76.5 Å². The van der Waals surface area contributed by atoms with Gasteiger partial charge >= 0.3 is 5.63 Å². The molecule has 1 heterocycles. The lowest BCUT2D eigenvalue weighted by Crippen LogP contribution is -2.08. The molecule has 0 spiro atoms. The van der Waals surface area contributed by atoms with Crippen LogP contribution in [0.25, 0.3) is 11.0 Å². The molecule has 3 N–H and O–H groups in total. The van der Waals surface area contributed by atoms with Crippen molar-refractivity contribution >= 4 is 11.0 Å². The minimum Gasteiger partial charge on any atom is -0.507 e. The van der Waals surface area contributed by atoms with Gasteiger partial charge in [-0.2, -0.15) is 0 Å². The number of hydrogen-bond donors (Lipinski definition) is 2. The van der Waals surface area contributed by atoms with Crippen LogP contribution in [0.15, 0.2) is 27.4 Å². The number of aromatic hydroxyl groups is 1. The average Bonchev–Trinajstić information content (AvgIpc) is 2.28. The zero-order chi connectivity index (χ0) is 11.7. The number of fused-ring (bicyclic) bond motifs is 1. The Morgan fingerprint density at radius 3 is 2.81 bits per heavy atom. The molecule has 0 fully saturated rings. The summed E-state index contributed by atoms with van der Waals surface area (Å²) in [5.74, 6) is -0.00481. The van der Waals surface area contributed by atoms with Crippen LogP contribution in [0.5, 0.6) is 5.75 Å². The molecule has 4 heteroatoms. The Labute approximate surface area is 92.3 Å². The Hall–Kier alpha value is -1.81. The Balaban J connectivity index is 2.94. The SMILES string of the molecule is CCc1c(O)c2c(CN)cccc2oc1=O. The fraction of sp³-hybridized carbons (Fsp3) is 0.250. The van der Waals surface area contributed by atoms with E-state index in [0.717, 1.165) is 5.56 Å². The van der Waals surface area contributed by atoms with E-state index in [1.807, 2.05) is 6.07 Å². The zero-order valence-corrected chi connectivity index (χ0v) is 8.99. The van der Waals surface area contributed by atoms with Gasteiger partial charge in [-0.15, -0.1) is 0 Å². The van der Waals surface area contributed by atoms with Gasteiger partial charge < -0.3 is 15.3 Å².